The van der Waals surface area contributed by atoms with Crippen molar-refractivity contribution in [2.75, 3.05) is 16.3 Å². The molecule has 0 fully saturated rings. The van der Waals surface area contributed by atoms with E-state index in [0.29, 0.717) is 23.3 Å². The van der Waals surface area contributed by atoms with Crippen LogP contribution in [0, 0.1) is 0 Å². The molecule has 3 aromatic rings. The minimum absolute atomic E-state index is 0.0671. The van der Waals surface area contributed by atoms with Crippen molar-refractivity contribution in [3.05, 3.63) is 83.4 Å². The van der Waals surface area contributed by atoms with E-state index >= 15 is 0 Å². The Balaban J connectivity index is 2.08. The van der Waals surface area contributed by atoms with Crippen LogP contribution in [-0.4, -0.2) is 20.6 Å². The topological polar surface area (TPSA) is 75.3 Å². The van der Waals surface area contributed by atoms with Gasteiger partial charge in [-0.3, -0.25) is 9.52 Å². The third-order valence-electron chi connectivity index (χ3n) is 4.51. The van der Waals surface area contributed by atoms with Crippen molar-refractivity contribution in [1.82, 2.24) is 0 Å². The van der Waals surface area contributed by atoms with E-state index in [1.165, 1.54) is 18.2 Å². The third kappa shape index (κ3) is 6.28. The first-order chi connectivity index (χ1) is 15.6. The Bertz CT molecular complexity index is 1290. The summed E-state index contributed by atoms with van der Waals surface area (Å²) in [5, 5.41) is 2.01. The molecule has 1 amide bonds. The van der Waals surface area contributed by atoms with Crippen molar-refractivity contribution in [3.8, 4) is 11.1 Å². The highest BCUT2D eigenvalue weighted by molar-refractivity contribution is 7.92. The van der Waals surface area contributed by atoms with E-state index in [-0.39, 0.29) is 17.3 Å². The van der Waals surface area contributed by atoms with Gasteiger partial charge in [0.05, 0.1) is 28.6 Å². The van der Waals surface area contributed by atoms with Gasteiger partial charge in [-0.25, -0.2) is 8.42 Å². The largest absolute Gasteiger partial charge is 0.416 e. The summed E-state index contributed by atoms with van der Waals surface area (Å²) < 4.78 is 104. The molecule has 12 heteroatoms. The van der Waals surface area contributed by atoms with Crippen LogP contribution in [-0.2, 0) is 22.4 Å². The van der Waals surface area contributed by atoms with Crippen LogP contribution in [0.1, 0.15) is 21.5 Å². The number of hydrogen-bond acceptors (Lipinski definition) is 3. The van der Waals surface area contributed by atoms with Gasteiger partial charge in [0.25, 0.3) is 5.91 Å². The number of nitrogens with one attached hydrogen (secondary N) is 2. The number of carbonyl (C=O) groups is 1. The second-order valence-electron chi connectivity index (χ2n) is 7.25. The molecular weight excluding hydrogens is 486 g/mol. The van der Waals surface area contributed by atoms with Gasteiger partial charge in [0.2, 0.25) is 10.0 Å². The fourth-order valence-corrected chi connectivity index (χ4v) is 3.63. The second kappa shape index (κ2) is 9.01. The molecule has 0 aliphatic heterocycles. The molecule has 0 aromatic heterocycles. The highest BCUT2D eigenvalue weighted by Crippen LogP contribution is 2.38. The lowest BCUT2D eigenvalue weighted by molar-refractivity contribution is -0.143. The number of hydrogen-bond donors (Lipinski definition) is 2. The van der Waals surface area contributed by atoms with E-state index < -0.39 is 45.1 Å². The van der Waals surface area contributed by atoms with Gasteiger partial charge < -0.3 is 5.32 Å². The molecule has 0 unspecified atom stereocenters. The molecule has 0 aliphatic carbocycles. The maximum atomic E-state index is 13.1. The Morgan fingerprint density at radius 3 is 1.82 bits per heavy atom. The normalized spacial score (nSPS) is 12.3. The van der Waals surface area contributed by atoms with Crippen LogP contribution in [0.25, 0.3) is 11.1 Å². The molecule has 0 aliphatic rings. The van der Waals surface area contributed by atoms with Crippen molar-refractivity contribution in [3.63, 3.8) is 0 Å². The van der Waals surface area contributed by atoms with Crippen molar-refractivity contribution in [2.24, 2.45) is 0 Å². The lowest BCUT2D eigenvalue weighted by Gasteiger charge is -2.16. The molecule has 180 valence electrons. The van der Waals surface area contributed by atoms with Gasteiger partial charge in [-0.1, -0.05) is 36.4 Å². The molecule has 34 heavy (non-hydrogen) atoms. The summed E-state index contributed by atoms with van der Waals surface area (Å²) in [6.07, 6.45) is -9.38. The van der Waals surface area contributed by atoms with Crippen LogP contribution in [0.4, 0.5) is 37.7 Å². The van der Waals surface area contributed by atoms with Gasteiger partial charge in [0.1, 0.15) is 0 Å². The molecular formula is C22H16F6N2O3S. The van der Waals surface area contributed by atoms with E-state index in [4.69, 9.17) is 0 Å². The van der Waals surface area contributed by atoms with Crippen molar-refractivity contribution in [2.45, 2.75) is 12.4 Å². The number of sulfonamides is 1. The Hall–Kier alpha value is -3.54. The first kappa shape index (κ1) is 25.1. The Morgan fingerprint density at radius 2 is 1.32 bits per heavy atom. The Labute approximate surface area is 190 Å². The summed E-state index contributed by atoms with van der Waals surface area (Å²) in [5.41, 5.74) is -3.39. The van der Waals surface area contributed by atoms with Gasteiger partial charge in [-0.2, -0.15) is 26.3 Å². The summed E-state index contributed by atoms with van der Waals surface area (Å²) >= 11 is 0. The van der Waals surface area contributed by atoms with Gasteiger partial charge >= 0.3 is 12.4 Å². The predicted molar refractivity (Wildman–Crippen MR) is 115 cm³/mol. The number of anilines is 2. The molecule has 0 saturated carbocycles. The van der Waals surface area contributed by atoms with Gasteiger partial charge in [-0.05, 0) is 41.5 Å². The zero-order chi connectivity index (χ0) is 25.3. The maximum Gasteiger partial charge on any atom is 0.416 e. The van der Waals surface area contributed by atoms with Crippen LogP contribution in [0.3, 0.4) is 0 Å². The average molecular weight is 502 g/mol. The first-order valence-electron chi connectivity index (χ1n) is 9.41. The van der Waals surface area contributed by atoms with Crippen LogP contribution < -0.4 is 10.0 Å². The Kier molecular flexibility index (Phi) is 6.65. The minimum Gasteiger partial charge on any atom is -0.322 e. The highest BCUT2D eigenvalue weighted by Gasteiger charge is 2.37. The van der Waals surface area contributed by atoms with Gasteiger partial charge in [0.15, 0.2) is 0 Å². The molecule has 2 N–H and O–H groups in total. The zero-order valence-electron chi connectivity index (χ0n) is 17.3. The average Bonchev–Trinajstić information content (AvgIpc) is 2.72. The monoisotopic (exact) mass is 502 g/mol. The van der Waals surface area contributed by atoms with Crippen molar-refractivity contribution < 1.29 is 39.6 Å². The van der Waals surface area contributed by atoms with E-state index in [1.807, 2.05) is 5.32 Å². The quantitative estimate of drug-likeness (QED) is 0.420. The SMILES string of the molecule is CS(=O)(=O)Nc1ccc(-c2ccccc2)cc1C(=O)Nc1cc(C(F)(F)F)cc(C(F)(F)F)c1. The molecule has 0 atom stereocenters. The molecule has 0 bridgehead atoms. The third-order valence-corrected chi connectivity index (χ3v) is 5.10. The molecule has 0 saturated heterocycles. The van der Waals surface area contributed by atoms with Crippen molar-refractivity contribution >= 4 is 27.3 Å². The fraction of sp³-hybridized carbons (Fsp3) is 0.136. The number of benzene rings is 3. The van der Waals surface area contributed by atoms with E-state index in [9.17, 15) is 39.6 Å². The standard InChI is InChI=1S/C22H16F6N2O3S/c1-34(32,33)30-19-8-7-14(13-5-3-2-4-6-13)9-18(19)20(31)29-17-11-15(21(23,24)25)10-16(12-17)22(26,27)28/h2-12,30H,1H3,(H,29,31). The fourth-order valence-electron chi connectivity index (χ4n) is 3.06. The van der Waals surface area contributed by atoms with Crippen molar-refractivity contribution in [1.29, 1.82) is 0 Å². The van der Waals surface area contributed by atoms with Crippen LogP contribution in [0.5, 0.6) is 0 Å². The second-order valence-corrected chi connectivity index (χ2v) is 9.00. The number of rotatable bonds is 5. The molecule has 5 nitrogen and oxygen atoms in total. The molecule has 3 rings (SSSR count). The van der Waals surface area contributed by atoms with Gasteiger partial charge in [0, 0.05) is 5.69 Å². The number of halogens is 6. The number of amides is 1. The number of alkyl halides is 6. The van der Waals surface area contributed by atoms with Crippen LogP contribution in [0.15, 0.2) is 66.7 Å². The molecule has 0 spiro atoms. The summed E-state index contributed by atoms with van der Waals surface area (Å²) in [7, 11) is -3.86. The van der Waals surface area contributed by atoms with E-state index in [0.717, 1.165) is 6.26 Å². The minimum atomic E-state index is -5.10. The first-order valence-corrected chi connectivity index (χ1v) is 11.3. The predicted octanol–water partition coefficient (Wildman–Crippen LogP) is 6.02. The van der Waals surface area contributed by atoms with Crippen LogP contribution in [0.2, 0.25) is 0 Å². The molecule has 0 radical (unpaired) electrons. The number of carbonyl (C=O) groups excluding carboxylic acids is 1. The molecule has 3 aromatic carbocycles. The molecule has 0 heterocycles. The lowest BCUT2D eigenvalue weighted by Crippen LogP contribution is -2.19. The maximum absolute atomic E-state index is 13.1. The Morgan fingerprint density at radius 1 is 0.765 bits per heavy atom. The summed E-state index contributed by atoms with van der Waals surface area (Å²) in [6, 6.07) is 13.2. The smallest absolute Gasteiger partial charge is 0.322 e. The highest BCUT2D eigenvalue weighted by atomic mass is 32.2. The lowest BCUT2D eigenvalue weighted by atomic mass is 10.0. The van der Waals surface area contributed by atoms with Gasteiger partial charge in [-0.15, -0.1) is 0 Å². The summed E-state index contributed by atoms with van der Waals surface area (Å²) in [6.45, 7) is 0. The summed E-state index contributed by atoms with van der Waals surface area (Å²) in [4.78, 5) is 12.9. The summed E-state index contributed by atoms with van der Waals surface area (Å²) in [5.74, 6) is -1.11. The zero-order valence-corrected chi connectivity index (χ0v) is 18.1. The van der Waals surface area contributed by atoms with E-state index in [1.54, 1.807) is 30.3 Å². The van der Waals surface area contributed by atoms with E-state index in [2.05, 4.69) is 4.72 Å². The van der Waals surface area contributed by atoms with Crippen LogP contribution >= 0.6 is 0 Å².